The molecule has 2 atom stereocenters. The van der Waals surface area contributed by atoms with Gasteiger partial charge in [0.2, 0.25) is 0 Å². The van der Waals surface area contributed by atoms with Crippen LogP contribution in [0.5, 0.6) is 0 Å². The maximum atomic E-state index is 14.5. The monoisotopic (exact) mass is 479 g/mol. The van der Waals surface area contributed by atoms with Crippen LogP contribution in [-0.4, -0.2) is 63.3 Å². The van der Waals surface area contributed by atoms with Crippen molar-refractivity contribution < 1.29 is 4.39 Å². The number of H-pyrrole nitrogens is 1. The lowest BCUT2D eigenvalue weighted by atomic mass is 10.0. The quantitative estimate of drug-likeness (QED) is 0.443. The third-order valence-corrected chi connectivity index (χ3v) is 6.71. The van der Waals surface area contributed by atoms with Crippen molar-refractivity contribution in [3.05, 3.63) is 59.6 Å². The van der Waals surface area contributed by atoms with Gasteiger partial charge in [-0.2, -0.15) is 5.10 Å². The summed E-state index contributed by atoms with van der Waals surface area (Å²) >= 11 is 6.11. The molecule has 3 aromatic heterocycles. The van der Waals surface area contributed by atoms with Crippen LogP contribution in [0.1, 0.15) is 13.8 Å². The minimum Gasteiger partial charge on any atom is -0.367 e. The van der Waals surface area contributed by atoms with Gasteiger partial charge in [-0.3, -0.25) is 15.0 Å². The number of nitrogens with zero attached hydrogens (tertiary/aromatic N) is 5. The molecule has 2 unspecified atom stereocenters. The molecule has 9 heteroatoms. The number of fused-ring (bicyclic) bond motifs is 1. The first-order valence-electron chi connectivity index (χ1n) is 11.4. The number of benzene rings is 1. The molecule has 0 radical (unpaired) electrons. The van der Waals surface area contributed by atoms with E-state index in [0.29, 0.717) is 46.2 Å². The topological polar surface area (TPSA) is 87.0 Å². The van der Waals surface area contributed by atoms with E-state index in [1.54, 1.807) is 12.3 Å². The van der Waals surface area contributed by atoms with Crippen molar-refractivity contribution in [1.29, 1.82) is 0 Å². The second-order valence-electron chi connectivity index (χ2n) is 8.83. The van der Waals surface area contributed by atoms with Crippen molar-refractivity contribution in [2.45, 2.75) is 25.9 Å². The molecule has 34 heavy (non-hydrogen) atoms. The number of hydrogen-bond donors (Lipinski definition) is 2. The number of aromatic nitrogens is 4. The van der Waals surface area contributed by atoms with Gasteiger partial charge in [-0.1, -0.05) is 11.6 Å². The molecule has 4 aromatic rings. The summed E-state index contributed by atoms with van der Waals surface area (Å²) in [4.78, 5) is 14.3. The normalized spacial score (nSPS) is 19.1. The Morgan fingerprint density at radius 1 is 1.09 bits per heavy atom. The summed E-state index contributed by atoms with van der Waals surface area (Å²) in [6.07, 6.45) is 3.63. The van der Waals surface area contributed by atoms with Gasteiger partial charge in [0.15, 0.2) is 0 Å². The van der Waals surface area contributed by atoms with Gasteiger partial charge in [-0.15, -0.1) is 0 Å². The molecule has 5 rings (SSSR count). The van der Waals surface area contributed by atoms with E-state index in [-0.39, 0.29) is 5.82 Å². The zero-order valence-corrected chi connectivity index (χ0v) is 19.9. The number of piperazine rings is 1. The van der Waals surface area contributed by atoms with Crippen molar-refractivity contribution in [2.24, 2.45) is 5.73 Å². The van der Waals surface area contributed by atoms with E-state index in [2.05, 4.69) is 44.9 Å². The highest BCUT2D eigenvalue weighted by Crippen LogP contribution is 2.33. The molecular formula is C25H27ClFN7. The molecule has 1 fully saturated rings. The molecule has 0 spiro atoms. The van der Waals surface area contributed by atoms with E-state index in [1.807, 2.05) is 18.3 Å². The smallest absolute Gasteiger partial charge is 0.132 e. The summed E-state index contributed by atoms with van der Waals surface area (Å²) in [5, 5.41) is 7.56. The second-order valence-corrected chi connectivity index (χ2v) is 9.27. The van der Waals surface area contributed by atoms with Gasteiger partial charge >= 0.3 is 0 Å². The maximum absolute atomic E-state index is 14.5. The summed E-state index contributed by atoms with van der Waals surface area (Å²) in [7, 11) is 0. The van der Waals surface area contributed by atoms with Crippen LogP contribution in [0, 0.1) is 5.82 Å². The number of hydrogen-bond acceptors (Lipinski definition) is 6. The van der Waals surface area contributed by atoms with Crippen LogP contribution in [0.4, 0.5) is 10.1 Å². The maximum Gasteiger partial charge on any atom is 0.132 e. The van der Waals surface area contributed by atoms with E-state index < -0.39 is 0 Å². The van der Waals surface area contributed by atoms with Crippen molar-refractivity contribution in [3.8, 4) is 22.5 Å². The lowest BCUT2D eigenvalue weighted by Gasteiger charge is -2.45. The Balaban J connectivity index is 1.49. The van der Waals surface area contributed by atoms with Crippen LogP contribution in [0.25, 0.3) is 33.5 Å². The summed E-state index contributed by atoms with van der Waals surface area (Å²) in [6, 6.07) is 11.1. The summed E-state index contributed by atoms with van der Waals surface area (Å²) in [6.45, 7) is 7.83. The van der Waals surface area contributed by atoms with Gasteiger partial charge in [0, 0.05) is 60.6 Å². The zero-order chi connectivity index (χ0) is 23.8. The Hall–Kier alpha value is -3.07. The Labute approximate surface area is 202 Å². The molecule has 1 saturated heterocycles. The Morgan fingerprint density at radius 3 is 2.65 bits per heavy atom. The largest absolute Gasteiger partial charge is 0.367 e. The number of anilines is 1. The number of nitrogens with two attached hydrogens (primary N) is 1. The third-order valence-electron chi connectivity index (χ3n) is 6.48. The minimum atomic E-state index is -0.389. The van der Waals surface area contributed by atoms with Crippen molar-refractivity contribution in [3.63, 3.8) is 0 Å². The summed E-state index contributed by atoms with van der Waals surface area (Å²) in [5.74, 6) is -0.389. The molecule has 4 heterocycles. The molecule has 1 aliphatic rings. The van der Waals surface area contributed by atoms with E-state index in [9.17, 15) is 4.39 Å². The predicted octanol–water partition coefficient (Wildman–Crippen LogP) is 4.34. The van der Waals surface area contributed by atoms with Gasteiger partial charge in [0.05, 0.1) is 28.6 Å². The lowest BCUT2D eigenvalue weighted by Crippen LogP contribution is -2.57. The summed E-state index contributed by atoms with van der Waals surface area (Å²) < 4.78 is 14.5. The van der Waals surface area contributed by atoms with Crippen LogP contribution < -0.4 is 10.6 Å². The average molecular weight is 480 g/mol. The molecule has 0 bridgehead atoms. The van der Waals surface area contributed by atoms with Gasteiger partial charge < -0.3 is 10.6 Å². The van der Waals surface area contributed by atoms with Crippen LogP contribution in [0.3, 0.4) is 0 Å². The molecule has 3 N–H and O–H groups in total. The SMILES string of the molecule is CC1CN(c2cnc3ccc(-c4c[nH]nc4-c4cc(Cl)ccc4F)nc3c2)CC(C)N1CCN. The van der Waals surface area contributed by atoms with Crippen LogP contribution >= 0.6 is 11.6 Å². The zero-order valence-electron chi connectivity index (χ0n) is 19.2. The minimum absolute atomic E-state index is 0.329. The predicted molar refractivity (Wildman–Crippen MR) is 134 cm³/mol. The van der Waals surface area contributed by atoms with Crippen molar-refractivity contribution in [1.82, 2.24) is 25.1 Å². The van der Waals surface area contributed by atoms with E-state index in [4.69, 9.17) is 22.3 Å². The highest BCUT2D eigenvalue weighted by molar-refractivity contribution is 6.30. The number of pyridine rings is 2. The number of nitrogens with one attached hydrogen (secondary N) is 1. The first kappa shape index (κ1) is 22.7. The van der Waals surface area contributed by atoms with Gasteiger partial charge in [0.25, 0.3) is 0 Å². The molecule has 0 aliphatic carbocycles. The van der Waals surface area contributed by atoms with Crippen molar-refractivity contribution >= 4 is 28.3 Å². The highest BCUT2D eigenvalue weighted by Gasteiger charge is 2.29. The standard InChI is InChI=1S/C25H27ClFN7/c1-15-13-33(14-16(2)34(15)8-7-28)18-10-24-23(29-11-18)6-5-22(31-24)20-12-30-32-25(20)19-9-17(26)3-4-21(19)27/h3-6,9-12,15-16H,7-8,13-14,28H2,1-2H3,(H,30,32). The highest BCUT2D eigenvalue weighted by atomic mass is 35.5. The fraction of sp³-hybridized carbons (Fsp3) is 0.320. The van der Waals surface area contributed by atoms with Gasteiger partial charge in [-0.25, -0.2) is 9.37 Å². The fourth-order valence-electron chi connectivity index (χ4n) is 4.85. The first-order chi connectivity index (χ1) is 16.4. The molecule has 0 saturated carbocycles. The lowest BCUT2D eigenvalue weighted by molar-refractivity contribution is 0.136. The average Bonchev–Trinajstić information content (AvgIpc) is 3.32. The van der Waals surface area contributed by atoms with Crippen LogP contribution in [0.2, 0.25) is 5.02 Å². The summed E-state index contributed by atoms with van der Waals surface area (Å²) in [5.41, 5.74) is 10.6. The van der Waals surface area contributed by atoms with Crippen LogP contribution in [-0.2, 0) is 0 Å². The Morgan fingerprint density at radius 2 is 1.88 bits per heavy atom. The van der Waals surface area contributed by atoms with Gasteiger partial charge in [-0.05, 0) is 50.2 Å². The molecule has 1 aromatic carbocycles. The van der Waals surface area contributed by atoms with E-state index in [1.165, 1.54) is 12.1 Å². The molecule has 1 aliphatic heterocycles. The number of halogens is 2. The van der Waals surface area contributed by atoms with E-state index in [0.717, 1.165) is 36.4 Å². The van der Waals surface area contributed by atoms with E-state index >= 15 is 0 Å². The fourth-order valence-corrected chi connectivity index (χ4v) is 5.02. The molecule has 7 nitrogen and oxygen atoms in total. The molecule has 0 amide bonds. The molecule has 176 valence electrons. The number of rotatable bonds is 5. The van der Waals surface area contributed by atoms with Gasteiger partial charge in [0.1, 0.15) is 11.5 Å². The second kappa shape index (κ2) is 9.29. The Bertz CT molecular complexity index is 1310. The Kier molecular flexibility index (Phi) is 6.20. The molecular weight excluding hydrogens is 453 g/mol. The van der Waals surface area contributed by atoms with Crippen molar-refractivity contribution in [2.75, 3.05) is 31.1 Å². The number of aromatic amines is 1. The first-order valence-corrected chi connectivity index (χ1v) is 11.8. The van der Waals surface area contributed by atoms with Crippen LogP contribution in [0.15, 0.2) is 48.8 Å². The third kappa shape index (κ3) is 4.24.